The third-order valence-electron chi connectivity index (χ3n) is 4.59. The van der Waals surface area contributed by atoms with Crippen molar-refractivity contribution in [1.82, 2.24) is 15.0 Å². The van der Waals surface area contributed by atoms with Crippen molar-refractivity contribution in [1.29, 1.82) is 0 Å². The van der Waals surface area contributed by atoms with Crippen LogP contribution in [0.25, 0.3) is 0 Å². The van der Waals surface area contributed by atoms with Gasteiger partial charge in [-0.3, -0.25) is 0 Å². The van der Waals surface area contributed by atoms with Crippen LogP contribution in [0.4, 0.5) is 0 Å². The zero-order valence-corrected chi connectivity index (χ0v) is 13.9. The molecule has 24 heavy (non-hydrogen) atoms. The summed E-state index contributed by atoms with van der Waals surface area (Å²) in [6.45, 7) is 1.69. The number of ether oxygens (including phenoxy) is 1. The van der Waals surface area contributed by atoms with Crippen LogP contribution >= 0.6 is 0 Å². The van der Waals surface area contributed by atoms with Gasteiger partial charge in [0.25, 0.3) is 0 Å². The zero-order chi connectivity index (χ0) is 16.2. The normalized spacial score (nSPS) is 20.4. The van der Waals surface area contributed by atoms with E-state index in [1.807, 2.05) is 10.9 Å². The van der Waals surface area contributed by atoms with Gasteiger partial charge in [0.15, 0.2) is 0 Å². The number of aromatic nitrogens is 3. The van der Waals surface area contributed by atoms with Gasteiger partial charge in [0, 0.05) is 30.7 Å². The van der Waals surface area contributed by atoms with E-state index in [1.165, 1.54) is 31.2 Å². The summed E-state index contributed by atoms with van der Waals surface area (Å²) in [5.41, 5.74) is 3.35. The largest absolute Gasteiger partial charge is 0.376 e. The van der Waals surface area contributed by atoms with Crippen molar-refractivity contribution >= 4 is 0 Å². The first-order chi connectivity index (χ1) is 11.8. The van der Waals surface area contributed by atoms with Crippen molar-refractivity contribution < 1.29 is 4.74 Å². The van der Waals surface area contributed by atoms with E-state index in [1.54, 1.807) is 0 Å². The molecule has 0 N–H and O–H groups in total. The molecular weight excluding hydrogens is 298 g/mol. The van der Waals surface area contributed by atoms with Crippen LogP contribution < -0.4 is 0 Å². The lowest BCUT2D eigenvalue weighted by Gasteiger charge is -2.21. The molecule has 1 saturated carbocycles. The fourth-order valence-corrected chi connectivity index (χ4v) is 3.00. The maximum atomic E-state index is 5.77. The highest BCUT2D eigenvalue weighted by Gasteiger charge is 2.17. The summed E-state index contributed by atoms with van der Waals surface area (Å²) >= 11 is 0. The van der Waals surface area contributed by atoms with Crippen molar-refractivity contribution in [3.63, 3.8) is 0 Å². The molecule has 0 bridgehead atoms. The maximum absolute atomic E-state index is 5.77. The van der Waals surface area contributed by atoms with E-state index in [0.717, 1.165) is 37.3 Å². The molecule has 1 aromatic carbocycles. The molecule has 4 rings (SSSR count). The van der Waals surface area contributed by atoms with Gasteiger partial charge < -0.3 is 4.74 Å². The van der Waals surface area contributed by atoms with Crippen LogP contribution in [0.2, 0.25) is 0 Å². The molecule has 2 aliphatic rings. The first-order valence-corrected chi connectivity index (χ1v) is 8.96. The first-order valence-electron chi connectivity index (χ1n) is 8.96. The van der Waals surface area contributed by atoms with Crippen LogP contribution in [0, 0.1) is 17.8 Å². The molecule has 4 nitrogen and oxygen atoms in total. The summed E-state index contributed by atoms with van der Waals surface area (Å²) in [7, 11) is 0. The number of benzene rings is 1. The fourth-order valence-electron chi connectivity index (χ4n) is 3.00. The molecule has 4 heteroatoms. The summed E-state index contributed by atoms with van der Waals surface area (Å²) in [4.78, 5) is 0. The molecule has 1 aromatic heterocycles. The first kappa shape index (κ1) is 15.4. The Bertz CT molecular complexity index is 728. The van der Waals surface area contributed by atoms with Gasteiger partial charge >= 0.3 is 0 Å². The Hall–Kier alpha value is -2.12. The third kappa shape index (κ3) is 4.24. The van der Waals surface area contributed by atoms with Crippen molar-refractivity contribution in [2.75, 3.05) is 6.61 Å². The molecule has 124 valence electrons. The SMILES string of the molecule is C(#CC1CC1)c1ccc(Cc2cn(C[C@H]3CCCCO3)nn2)cc1. The van der Waals surface area contributed by atoms with Crippen molar-refractivity contribution in [2.45, 2.75) is 51.2 Å². The Labute approximate surface area is 143 Å². The van der Waals surface area contributed by atoms with Crippen LogP contribution in [0.15, 0.2) is 30.5 Å². The summed E-state index contributed by atoms with van der Waals surface area (Å²) < 4.78 is 7.68. The Morgan fingerprint density at radius 3 is 2.75 bits per heavy atom. The molecule has 2 fully saturated rings. The monoisotopic (exact) mass is 321 g/mol. The summed E-state index contributed by atoms with van der Waals surface area (Å²) in [6.07, 6.45) is 9.23. The molecule has 1 aliphatic carbocycles. The summed E-state index contributed by atoms with van der Waals surface area (Å²) in [5, 5.41) is 8.54. The van der Waals surface area contributed by atoms with Gasteiger partial charge in [-0.2, -0.15) is 0 Å². The smallest absolute Gasteiger partial charge is 0.0870 e. The highest BCUT2D eigenvalue weighted by Crippen LogP contribution is 2.27. The van der Waals surface area contributed by atoms with Crippen LogP contribution in [-0.4, -0.2) is 27.7 Å². The Balaban J connectivity index is 1.34. The topological polar surface area (TPSA) is 39.9 Å². The highest BCUT2D eigenvalue weighted by atomic mass is 16.5. The van der Waals surface area contributed by atoms with E-state index in [-0.39, 0.29) is 6.10 Å². The van der Waals surface area contributed by atoms with Gasteiger partial charge in [-0.15, -0.1) is 5.10 Å². The van der Waals surface area contributed by atoms with Gasteiger partial charge in [-0.05, 0) is 49.8 Å². The van der Waals surface area contributed by atoms with Gasteiger partial charge in [-0.25, -0.2) is 4.68 Å². The minimum Gasteiger partial charge on any atom is -0.376 e. The molecule has 1 aliphatic heterocycles. The molecule has 0 spiro atoms. The molecule has 1 atom stereocenters. The molecule has 0 amide bonds. The molecule has 0 unspecified atom stereocenters. The lowest BCUT2D eigenvalue weighted by molar-refractivity contribution is 0.00370. The predicted molar refractivity (Wildman–Crippen MR) is 92.5 cm³/mol. The minimum atomic E-state index is 0.289. The van der Waals surface area contributed by atoms with Crippen LogP contribution in [0.5, 0.6) is 0 Å². The zero-order valence-electron chi connectivity index (χ0n) is 13.9. The van der Waals surface area contributed by atoms with E-state index in [0.29, 0.717) is 5.92 Å². The third-order valence-corrected chi connectivity index (χ3v) is 4.59. The van der Waals surface area contributed by atoms with Gasteiger partial charge in [0.05, 0.1) is 18.3 Å². The second-order valence-corrected chi connectivity index (χ2v) is 6.84. The molecule has 2 heterocycles. The van der Waals surface area contributed by atoms with Gasteiger partial charge in [0.2, 0.25) is 0 Å². The minimum absolute atomic E-state index is 0.289. The maximum Gasteiger partial charge on any atom is 0.0870 e. The molecular formula is C20H23N3O. The van der Waals surface area contributed by atoms with Crippen molar-refractivity contribution in [2.24, 2.45) is 5.92 Å². The standard InChI is InChI=1S/C20H23N3O/c1-2-12-24-20(3-1)15-23-14-19(21-22-23)13-18-10-8-17(9-11-18)7-6-16-4-5-16/h8-11,14,16,20H,1-5,12-13,15H2/t20-/m1/s1. The number of hydrogen-bond donors (Lipinski definition) is 0. The summed E-state index contributed by atoms with van der Waals surface area (Å²) in [5.74, 6) is 7.19. The Morgan fingerprint density at radius 2 is 2.00 bits per heavy atom. The van der Waals surface area contributed by atoms with Gasteiger partial charge in [0.1, 0.15) is 0 Å². The quantitative estimate of drug-likeness (QED) is 0.812. The van der Waals surface area contributed by atoms with Crippen molar-refractivity contribution in [3.8, 4) is 11.8 Å². The van der Waals surface area contributed by atoms with E-state index >= 15 is 0 Å². The average Bonchev–Trinajstić information content (AvgIpc) is 3.35. The van der Waals surface area contributed by atoms with E-state index < -0.39 is 0 Å². The van der Waals surface area contributed by atoms with E-state index in [4.69, 9.17) is 4.74 Å². The summed E-state index contributed by atoms with van der Waals surface area (Å²) in [6, 6.07) is 8.48. The van der Waals surface area contributed by atoms with Gasteiger partial charge in [-0.1, -0.05) is 29.2 Å². The number of nitrogens with zero attached hydrogens (tertiary/aromatic N) is 3. The van der Waals surface area contributed by atoms with Crippen LogP contribution in [-0.2, 0) is 17.7 Å². The predicted octanol–water partition coefficient (Wildman–Crippen LogP) is 3.20. The fraction of sp³-hybridized carbons (Fsp3) is 0.500. The lowest BCUT2D eigenvalue weighted by Crippen LogP contribution is -2.24. The second-order valence-electron chi connectivity index (χ2n) is 6.84. The molecule has 0 radical (unpaired) electrons. The Morgan fingerprint density at radius 1 is 1.12 bits per heavy atom. The lowest BCUT2D eigenvalue weighted by atomic mass is 10.1. The number of rotatable bonds is 4. The Kier molecular flexibility index (Phi) is 4.62. The van der Waals surface area contributed by atoms with E-state index in [2.05, 4.69) is 46.4 Å². The van der Waals surface area contributed by atoms with Crippen LogP contribution in [0.3, 0.4) is 0 Å². The second kappa shape index (κ2) is 7.19. The van der Waals surface area contributed by atoms with Crippen molar-refractivity contribution in [3.05, 3.63) is 47.3 Å². The van der Waals surface area contributed by atoms with Crippen LogP contribution in [0.1, 0.15) is 48.9 Å². The highest BCUT2D eigenvalue weighted by molar-refractivity contribution is 5.37. The molecule has 1 saturated heterocycles. The van der Waals surface area contributed by atoms with E-state index in [9.17, 15) is 0 Å². The average molecular weight is 321 g/mol. The number of hydrogen-bond acceptors (Lipinski definition) is 3. The molecule has 2 aromatic rings.